The number of halogens is 4. The molecule has 1 aromatic heterocycles. The van der Waals surface area contributed by atoms with E-state index in [2.05, 4.69) is 9.17 Å². The highest BCUT2D eigenvalue weighted by Gasteiger charge is 2.49. The molecule has 0 aliphatic heterocycles. The molecule has 0 unspecified atom stereocenters. The van der Waals surface area contributed by atoms with E-state index in [-0.39, 0.29) is 11.1 Å². The molecule has 0 atom stereocenters. The van der Waals surface area contributed by atoms with E-state index in [1.807, 2.05) is 0 Å². The van der Waals surface area contributed by atoms with Crippen LogP contribution in [0.25, 0.3) is 11.1 Å². The molecule has 2 aromatic rings. The summed E-state index contributed by atoms with van der Waals surface area (Å²) in [5, 5.41) is 0. The van der Waals surface area contributed by atoms with Gasteiger partial charge in [-0.05, 0) is 23.8 Å². The predicted octanol–water partition coefficient (Wildman–Crippen LogP) is 3.12. The molecular weight excluding hydrogens is 314 g/mol. The van der Waals surface area contributed by atoms with Gasteiger partial charge in [-0.25, -0.2) is 4.39 Å². The van der Waals surface area contributed by atoms with Crippen LogP contribution in [0, 0.1) is 5.82 Å². The molecule has 21 heavy (non-hydrogen) atoms. The Balaban J connectivity index is 2.55. The zero-order chi connectivity index (χ0) is 15.7. The SMILES string of the molecule is O=S(=O)(Oc1c(F)cccc1-c1ccncc1)C(F)(F)F. The van der Waals surface area contributed by atoms with E-state index in [9.17, 15) is 26.0 Å². The molecule has 1 heterocycles. The van der Waals surface area contributed by atoms with Gasteiger partial charge in [-0.1, -0.05) is 12.1 Å². The summed E-state index contributed by atoms with van der Waals surface area (Å²) in [5.74, 6) is -2.24. The third kappa shape index (κ3) is 3.13. The van der Waals surface area contributed by atoms with Crippen LogP contribution in [0.4, 0.5) is 17.6 Å². The molecule has 0 amide bonds. The van der Waals surface area contributed by atoms with Gasteiger partial charge in [0, 0.05) is 18.0 Å². The first-order valence-corrected chi connectivity index (χ1v) is 6.83. The Kier molecular flexibility index (Phi) is 3.86. The molecule has 112 valence electrons. The molecular formula is C12H7F4NO3S. The summed E-state index contributed by atoms with van der Waals surface area (Å²) in [4.78, 5) is 3.70. The summed E-state index contributed by atoms with van der Waals surface area (Å²) in [5.41, 5.74) is -5.52. The smallest absolute Gasteiger partial charge is 0.372 e. The summed E-state index contributed by atoms with van der Waals surface area (Å²) in [7, 11) is -5.96. The third-order valence-corrected chi connectivity index (χ3v) is 3.39. The largest absolute Gasteiger partial charge is 0.534 e. The fraction of sp³-hybridized carbons (Fsp3) is 0.0833. The van der Waals surface area contributed by atoms with Crippen LogP contribution in [0.1, 0.15) is 0 Å². The predicted molar refractivity (Wildman–Crippen MR) is 65.2 cm³/mol. The molecule has 0 spiro atoms. The Morgan fingerprint density at radius 3 is 2.24 bits per heavy atom. The van der Waals surface area contributed by atoms with Gasteiger partial charge in [0.2, 0.25) is 0 Å². The maximum absolute atomic E-state index is 13.7. The van der Waals surface area contributed by atoms with E-state index < -0.39 is 27.2 Å². The second kappa shape index (κ2) is 5.32. The van der Waals surface area contributed by atoms with Crippen LogP contribution in [0.2, 0.25) is 0 Å². The highest BCUT2D eigenvalue weighted by molar-refractivity contribution is 7.88. The van der Waals surface area contributed by atoms with Gasteiger partial charge in [0.25, 0.3) is 0 Å². The van der Waals surface area contributed by atoms with Crippen molar-refractivity contribution >= 4 is 10.1 Å². The second-order valence-corrected chi connectivity index (χ2v) is 5.37. The Morgan fingerprint density at radius 1 is 1.05 bits per heavy atom. The van der Waals surface area contributed by atoms with Crippen LogP contribution >= 0.6 is 0 Å². The van der Waals surface area contributed by atoms with E-state index in [1.165, 1.54) is 36.7 Å². The summed E-state index contributed by atoms with van der Waals surface area (Å²) in [6.07, 6.45) is 2.64. The van der Waals surface area contributed by atoms with Gasteiger partial charge >= 0.3 is 15.6 Å². The minimum Gasteiger partial charge on any atom is -0.372 e. The zero-order valence-electron chi connectivity index (χ0n) is 10.1. The van der Waals surface area contributed by atoms with Crippen molar-refractivity contribution in [1.29, 1.82) is 0 Å². The van der Waals surface area contributed by atoms with Crippen molar-refractivity contribution in [3.05, 3.63) is 48.5 Å². The number of aromatic nitrogens is 1. The highest BCUT2D eigenvalue weighted by atomic mass is 32.2. The highest BCUT2D eigenvalue weighted by Crippen LogP contribution is 2.35. The fourth-order valence-corrected chi connectivity index (χ4v) is 1.99. The van der Waals surface area contributed by atoms with Gasteiger partial charge in [-0.3, -0.25) is 4.98 Å². The number of nitrogens with zero attached hydrogens (tertiary/aromatic N) is 1. The lowest BCUT2D eigenvalue weighted by Gasteiger charge is -2.13. The molecule has 2 rings (SSSR count). The Bertz CT molecular complexity index is 745. The first-order chi connectivity index (χ1) is 9.72. The number of hydrogen-bond acceptors (Lipinski definition) is 4. The van der Waals surface area contributed by atoms with E-state index in [0.29, 0.717) is 0 Å². The lowest BCUT2D eigenvalue weighted by molar-refractivity contribution is -0.0500. The molecule has 0 aliphatic carbocycles. The van der Waals surface area contributed by atoms with Crippen LogP contribution in [-0.4, -0.2) is 18.9 Å². The van der Waals surface area contributed by atoms with Crippen molar-refractivity contribution in [1.82, 2.24) is 4.98 Å². The van der Waals surface area contributed by atoms with E-state index >= 15 is 0 Å². The molecule has 9 heteroatoms. The zero-order valence-corrected chi connectivity index (χ0v) is 11.0. The Morgan fingerprint density at radius 2 is 1.67 bits per heavy atom. The first kappa shape index (κ1) is 15.2. The van der Waals surface area contributed by atoms with Crippen LogP contribution in [0.15, 0.2) is 42.7 Å². The van der Waals surface area contributed by atoms with Gasteiger partial charge in [0.05, 0.1) is 0 Å². The number of hydrogen-bond donors (Lipinski definition) is 0. The Labute approximate surface area is 117 Å². The molecule has 4 nitrogen and oxygen atoms in total. The molecule has 0 aliphatic rings. The minimum absolute atomic E-state index is 0.134. The molecule has 0 bridgehead atoms. The first-order valence-electron chi connectivity index (χ1n) is 5.42. The van der Waals surface area contributed by atoms with Crippen molar-refractivity contribution in [3.63, 3.8) is 0 Å². The molecule has 0 saturated carbocycles. The normalized spacial score (nSPS) is 12.2. The van der Waals surface area contributed by atoms with Gasteiger partial charge in [0.1, 0.15) is 0 Å². The van der Waals surface area contributed by atoms with E-state index in [1.54, 1.807) is 0 Å². The minimum atomic E-state index is -5.96. The van der Waals surface area contributed by atoms with Crippen molar-refractivity contribution < 1.29 is 30.2 Å². The second-order valence-electron chi connectivity index (χ2n) is 3.84. The molecule has 0 fully saturated rings. The van der Waals surface area contributed by atoms with E-state index in [0.717, 1.165) is 6.07 Å². The maximum atomic E-state index is 13.7. The summed E-state index contributed by atoms with van der Waals surface area (Å²) < 4.78 is 76.7. The van der Waals surface area contributed by atoms with Crippen LogP contribution < -0.4 is 4.18 Å². The average Bonchev–Trinajstić information content (AvgIpc) is 2.40. The number of alkyl halides is 3. The number of pyridine rings is 1. The fourth-order valence-electron chi connectivity index (χ4n) is 1.51. The van der Waals surface area contributed by atoms with Crippen molar-refractivity contribution in [2.45, 2.75) is 5.51 Å². The topological polar surface area (TPSA) is 56.3 Å². The maximum Gasteiger partial charge on any atom is 0.534 e. The molecule has 0 N–H and O–H groups in total. The molecule has 0 saturated heterocycles. The standard InChI is InChI=1S/C12H7F4NO3S/c13-10-3-1-2-9(8-4-6-17-7-5-8)11(10)20-21(18,19)12(14,15)16/h1-7H. The van der Waals surface area contributed by atoms with Gasteiger partial charge in [-0.15, -0.1) is 0 Å². The van der Waals surface area contributed by atoms with Gasteiger partial charge < -0.3 is 4.18 Å². The molecule has 0 radical (unpaired) electrons. The summed E-state index contributed by atoms with van der Waals surface area (Å²) in [6.45, 7) is 0. The molecule has 1 aromatic carbocycles. The van der Waals surface area contributed by atoms with Crippen LogP contribution in [0.3, 0.4) is 0 Å². The Hall–Kier alpha value is -2.16. The quantitative estimate of drug-likeness (QED) is 0.495. The van der Waals surface area contributed by atoms with Crippen LogP contribution in [0.5, 0.6) is 5.75 Å². The van der Waals surface area contributed by atoms with Gasteiger partial charge in [-0.2, -0.15) is 21.6 Å². The van der Waals surface area contributed by atoms with E-state index in [4.69, 9.17) is 0 Å². The number of para-hydroxylation sites is 1. The number of benzene rings is 1. The monoisotopic (exact) mass is 321 g/mol. The van der Waals surface area contributed by atoms with Crippen LogP contribution in [-0.2, 0) is 10.1 Å². The van der Waals surface area contributed by atoms with Crippen molar-refractivity contribution in [2.24, 2.45) is 0 Å². The summed E-state index contributed by atoms with van der Waals surface area (Å²) in [6, 6.07) is 6.01. The van der Waals surface area contributed by atoms with Gasteiger partial charge in [0.15, 0.2) is 11.6 Å². The third-order valence-electron chi connectivity index (χ3n) is 2.43. The van der Waals surface area contributed by atoms with Crippen molar-refractivity contribution in [2.75, 3.05) is 0 Å². The number of rotatable bonds is 3. The summed E-state index contributed by atoms with van der Waals surface area (Å²) >= 11 is 0. The lowest BCUT2D eigenvalue weighted by Crippen LogP contribution is -2.28. The van der Waals surface area contributed by atoms with Crippen molar-refractivity contribution in [3.8, 4) is 16.9 Å². The lowest BCUT2D eigenvalue weighted by atomic mass is 10.1. The average molecular weight is 321 g/mol.